The predicted molar refractivity (Wildman–Crippen MR) is 270 cm³/mol. The van der Waals surface area contributed by atoms with Crippen LogP contribution in [0.4, 0.5) is 0 Å². The van der Waals surface area contributed by atoms with Gasteiger partial charge in [0.2, 0.25) is 0 Å². The van der Waals surface area contributed by atoms with E-state index >= 15 is 0 Å². The summed E-state index contributed by atoms with van der Waals surface area (Å²) < 4.78 is 16.7. The molecule has 0 radical (unpaired) electrons. The smallest absolute Gasteiger partial charge is 0.306 e. The Morgan fingerprint density at radius 2 is 0.651 bits per heavy atom. The van der Waals surface area contributed by atoms with Crippen LogP contribution in [0.1, 0.15) is 213 Å². The van der Waals surface area contributed by atoms with Gasteiger partial charge in [0.1, 0.15) is 13.2 Å². The summed E-state index contributed by atoms with van der Waals surface area (Å²) in [5.74, 6) is -1.04. The molecule has 0 spiro atoms. The fraction of sp³-hybridized carbons (Fsp3) is 0.632. The van der Waals surface area contributed by atoms with Gasteiger partial charge < -0.3 is 14.2 Å². The van der Waals surface area contributed by atoms with Crippen molar-refractivity contribution in [2.24, 2.45) is 0 Å². The lowest BCUT2D eigenvalue weighted by molar-refractivity contribution is -0.166. The highest BCUT2D eigenvalue weighted by atomic mass is 16.6. The Bertz CT molecular complexity index is 1330. The zero-order valence-corrected chi connectivity index (χ0v) is 40.5. The molecule has 1 unspecified atom stereocenters. The predicted octanol–water partition coefficient (Wildman–Crippen LogP) is 16.8. The molecular formula is C57H92O6. The largest absolute Gasteiger partial charge is 0.462 e. The highest BCUT2D eigenvalue weighted by Crippen LogP contribution is 2.12. The number of allylic oxidation sites excluding steroid dienone is 18. The van der Waals surface area contributed by atoms with Gasteiger partial charge in [0, 0.05) is 19.3 Å². The molecule has 0 aromatic heterocycles. The fourth-order valence-corrected chi connectivity index (χ4v) is 6.50. The molecule has 1 atom stereocenters. The SMILES string of the molecule is CC/C=C/C/C=C/C/C=C/C/C=C/CCCCCC(=O)OCC(COC(=O)CC/C=C/C/C=C/CCCCCCCC)OC(=O)CCCCCCCC/C=C/C/C=C/C/C=C/CC. The summed E-state index contributed by atoms with van der Waals surface area (Å²) in [5, 5.41) is 0. The lowest BCUT2D eigenvalue weighted by Gasteiger charge is -2.18. The Morgan fingerprint density at radius 1 is 0.333 bits per heavy atom. The molecule has 0 rings (SSSR count). The number of carbonyl (C=O) groups excluding carboxylic acids is 3. The highest BCUT2D eigenvalue weighted by molar-refractivity contribution is 5.71. The quantitative estimate of drug-likeness (QED) is 0.0263. The number of ether oxygens (including phenoxy) is 3. The van der Waals surface area contributed by atoms with Crippen LogP contribution in [0.5, 0.6) is 0 Å². The third kappa shape index (κ3) is 49.0. The second-order valence-electron chi connectivity index (χ2n) is 16.3. The number of carbonyl (C=O) groups is 3. The molecule has 0 saturated carbocycles. The number of rotatable bonds is 44. The molecule has 0 saturated heterocycles. The first-order chi connectivity index (χ1) is 31.0. The van der Waals surface area contributed by atoms with E-state index in [1.165, 1.54) is 51.4 Å². The van der Waals surface area contributed by atoms with Gasteiger partial charge in [-0.15, -0.1) is 0 Å². The van der Waals surface area contributed by atoms with E-state index < -0.39 is 6.10 Å². The molecule has 63 heavy (non-hydrogen) atoms. The van der Waals surface area contributed by atoms with Gasteiger partial charge in [0.25, 0.3) is 0 Å². The molecule has 0 N–H and O–H groups in total. The average Bonchev–Trinajstić information content (AvgIpc) is 3.28. The van der Waals surface area contributed by atoms with Gasteiger partial charge >= 0.3 is 17.9 Å². The Morgan fingerprint density at radius 3 is 1.08 bits per heavy atom. The van der Waals surface area contributed by atoms with Crippen LogP contribution < -0.4 is 0 Å². The summed E-state index contributed by atoms with van der Waals surface area (Å²) in [6.45, 7) is 6.30. The summed E-state index contributed by atoms with van der Waals surface area (Å²) in [7, 11) is 0. The first kappa shape index (κ1) is 59.1. The fourth-order valence-electron chi connectivity index (χ4n) is 6.50. The number of unbranched alkanes of at least 4 members (excludes halogenated alkanes) is 15. The Hall–Kier alpha value is -3.93. The minimum absolute atomic E-state index is 0.119. The summed E-state index contributed by atoms with van der Waals surface area (Å²) in [6.07, 6.45) is 68.0. The molecule has 0 aromatic carbocycles. The van der Waals surface area contributed by atoms with E-state index in [-0.39, 0.29) is 37.5 Å². The summed E-state index contributed by atoms with van der Waals surface area (Å²) in [4.78, 5) is 37.9. The molecule has 0 amide bonds. The summed E-state index contributed by atoms with van der Waals surface area (Å²) in [5.41, 5.74) is 0. The van der Waals surface area contributed by atoms with Gasteiger partial charge in [-0.3, -0.25) is 14.4 Å². The van der Waals surface area contributed by atoms with Gasteiger partial charge in [-0.1, -0.05) is 194 Å². The maximum atomic E-state index is 12.8. The van der Waals surface area contributed by atoms with Crippen LogP contribution in [0.25, 0.3) is 0 Å². The van der Waals surface area contributed by atoms with E-state index in [0.29, 0.717) is 19.3 Å². The lowest BCUT2D eigenvalue weighted by Crippen LogP contribution is -2.30. The molecule has 0 aliphatic carbocycles. The van der Waals surface area contributed by atoms with E-state index in [2.05, 4.69) is 124 Å². The van der Waals surface area contributed by atoms with E-state index in [1.807, 2.05) is 6.08 Å². The molecule has 0 aliphatic rings. The first-order valence-corrected chi connectivity index (χ1v) is 25.4. The summed E-state index contributed by atoms with van der Waals surface area (Å²) >= 11 is 0. The maximum Gasteiger partial charge on any atom is 0.306 e. The Balaban J connectivity index is 4.54. The molecule has 6 nitrogen and oxygen atoms in total. The average molecular weight is 873 g/mol. The molecule has 0 bridgehead atoms. The molecular weight excluding hydrogens is 781 g/mol. The maximum absolute atomic E-state index is 12.8. The Kier molecular flexibility index (Phi) is 47.5. The molecule has 6 heteroatoms. The number of esters is 3. The van der Waals surface area contributed by atoms with E-state index in [1.54, 1.807) is 0 Å². The molecule has 0 aliphatic heterocycles. The van der Waals surface area contributed by atoms with Crippen LogP contribution in [-0.4, -0.2) is 37.2 Å². The topological polar surface area (TPSA) is 78.9 Å². The van der Waals surface area contributed by atoms with Gasteiger partial charge in [-0.2, -0.15) is 0 Å². The van der Waals surface area contributed by atoms with Crippen molar-refractivity contribution in [1.82, 2.24) is 0 Å². The second-order valence-corrected chi connectivity index (χ2v) is 16.3. The second kappa shape index (κ2) is 50.7. The van der Waals surface area contributed by atoms with Crippen molar-refractivity contribution in [3.8, 4) is 0 Å². The van der Waals surface area contributed by atoms with Crippen LogP contribution in [0.15, 0.2) is 109 Å². The number of hydrogen-bond acceptors (Lipinski definition) is 6. The van der Waals surface area contributed by atoms with E-state index in [4.69, 9.17) is 14.2 Å². The molecule has 0 fully saturated rings. The lowest BCUT2D eigenvalue weighted by atomic mass is 10.1. The zero-order chi connectivity index (χ0) is 45.8. The van der Waals surface area contributed by atoms with Crippen LogP contribution in [0, 0.1) is 0 Å². The summed E-state index contributed by atoms with van der Waals surface area (Å²) in [6, 6.07) is 0. The third-order valence-electron chi connectivity index (χ3n) is 10.3. The minimum atomic E-state index is -0.822. The van der Waals surface area contributed by atoms with Crippen molar-refractivity contribution in [2.45, 2.75) is 219 Å². The van der Waals surface area contributed by atoms with Gasteiger partial charge in [-0.25, -0.2) is 0 Å². The zero-order valence-electron chi connectivity index (χ0n) is 40.5. The molecule has 0 heterocycles. The standard InChI is InChI=1S/C57H92O6/c1-4-7-10-13-16-19-22-25-27-29-32-35-38-41-44-47-50-56(59)62-53-54(52-61-55(58)49-46-43-40-37-34-31-24-21-18-15-12-9-6-3)63-57(60)51-48-45-42-39-36-33-30-28-26-23-20-17-14-11-8-5-2/h7-8,10-11,16-17,19-20,25-28,31-32,34-35,40,43,54H,4-6,9,12-15,18,21-24,29-30,33,36-39,41-42,44-53H2,1-3H3/b10-7+,11-8+,19-16+,20-17+,27-25+,28-26+,34-31+,35-32+,43-40+. The number of hydrogen-bond donors (Lipinski definition) is 0. The van der Waals surface area contributed by atoms with Crippen LogP contribution in [0.3, 0.4) is 0 Å². The van der Waals surface area contributed by atoms with Gasteiger partial charge in [0.15, 0.2) is 6.10 Å². The van der Waals surface area contributed by atoms with Crippen LogP contribution in [0.2, 0.25) is 0 Å². The highest BCUT2D eigenvalue weighted by Gasteiger charge is 2.19. The van der Waals surface area contributed by atoms with E-state index in [9.17, 15) is 14.4 Å². The van der Waals surface area contributed by atoms with Crippen LogP contribution in [-0.2, 0) is 28.6 Å². The van der Waals surface area contributed by atoms with E-state index in [0.717, 1.165) is 116 Å². The van der Waals surface area contributed by atoms with Crippen molar-refractivity contribution in [3.05, 3.63) is 109 Å². The Labute approximate surface area is 387 Å². The van der Waals surface area contributed by atoms with Crippen molar-refractivity contribution >= 4 is 17.9 Å². The van der Waals surface area contributed by atoms with Crippen molar-refractivity contribution < 1.29 is 28.6 Å². The van der Waals surface area contributed by atoms with Crippen molar-refractivity contribution in [1.29, 1.82) is 0 Å². The monoisotopic (exact) mass is 873 g/mol. The van der Waals surface area contributed by atoms with Gasteiger partial charge in [-0.05, 0) is 109 Å². The third-order valence-corrected chi connectivity index (χ3v) is 10.3. The minimum Gasteiger partial charge on any atom is -0.462 e. The first-order valence-electron chi connectivity index (χ1n) is 25.4. The van der Waals surface area contributed by atoms with Gasteiger partial charge in [0.05, 0.1) is 0 Å². The normalized spacial score (nSPS) is 13.0. The molecule has 0 aromatic rings. The van der Waals surface area contributed by atoms with Crippen LogP contribution >= 0.6 is 0 Å². The molecule has 356 valence electrons. The van der Waals surface area contributed by atoms with Crippen molar-refractivity contribution in [3.63, 3.8) is 0 Å². The van der Waals surface area contributed by atoms with Crippen molar-refractivity contribution in [2.75, 3.05) is 13.2 Å².